The van der Waals surface area contributed by atoms with E-state index in [9.17, 15) is 14.9 Å². The van der Waals surface area contributed by atoms with Gasteiger partial charge in [-0.25, -0.2) is 0 Å². The van der Waals surface area contributed by atoms with E-state index in [4.69, 9.17) is 0 Å². The van der Waals surface area contributed by atoms with Crippen LogP contribution in [0.3, 0.4) is 0 Å². The van der Waals surface area contributed by atoms with Crippen molar-refractivity contribution in [2.45, 2.75) is 6.92 Å². The Kier molecular flexibility index (Phi) is 4.18. The van der Waals surface area contributed by atoms with Crippen LogP contribution >= 0.6 is 0 Å². The van der Waals surface area contributed by atoms with Crippen molar-refractivity contribution in [3.8, 4) is 0 Å². The number of nitro benzene ring substituents is 1. The van der Waals surface area contributed by atoms with E-state index in [0.717, 1.165) is 11.3 Å². The van der Waals surface area contributed by atoms with E-state index in [2.05, 4.69) is 10.6 Å². The monoisotopic (exact) mass is 285 g/mol. The zero-order valence-corrected chi connectivity index (χ0v) is 11.7. The van der Waals surface area contributed by atoms with Crippen LogP contribution in [0.4, 0.5) is 17.1 Å². The first kappa shape index (κ1) is 14.5. The van der Waals surface area contributed by atoms with Gasteiger partial charge in [0.15, 0.2) is 0 Å². The molecule has 6 heteroatoms. The molecule has 0 aliphatic heterocycles. The van der Waals surface area contributed by atoms with Crippen molar-refractivity contribution in [2.24, 2.45) is 0 Å². The largest absolute Gasteiger partial charge is 0.387 e. The minimum atomic E-state index is -0.481. The van der Waals surface area contributed by atoms with Gasteiger partial charge in [-0.3, -0.25) is 14.9 Å². The molecule has 0 fully saturated rings. The third kappa shape index (κ3) is 3.36. The van der Waals surface area contributed by atoms with Crippen molar-refractivity contribution in [3.05, 3.63) is 63.7 Å². The number of hydrogen-bond donors (Lipinski definition) is 2. The van der Waals surface area contributed by atoms with Gasteiger partial charge in [-0.15, -0.1) is 0 Å². The van der Waals surface area contributed by atoms with Gasteiger partial charge >= 0.3 is 0 Å². The lowest BCUT2D eigenvalue weighted by Gasteiger charge is -2.10. The molecular weight excluding hydrogens is 270 g/mol. The van der Waals surface area contributed by atoms with Crippen LogP contribution in [0.5, 0.6) is 0 Å². The van der Waals surface area contributed by atoms with Gasteiger partial charge in [-0.05, 0) is 36.8 Å². The van der Waals surface area contributed by atoms with E-state index in [1.807, 2.05) is 19.1 Å². The van der Waals surface area contributed by atoms with Gasteiger partial charge < -0.3 is 10.6 Å². The van der Waals surface area contributed by atoms with E-state index < -0.39 is 4.92 Å². The Balaban J connectivity index is 2.19. The summed E-state index contributed by atoms with van der Waals surface area (Å²) < 4.78 is 0. The Morgan fingerprint density at radius 3 is 2.38 bits per heavy atom. The topological polar surface area (TPSA) is 84.3 Å². The smallest absolute Gasteiger partial charge is 0.269 e. The van der Waals surface area contributed by atoms with Crippen molar-refractivity contribution < 1.29 is 9.72 Å². The predicted octanol–water partition coefficient (Wildman–Crippen LogP) is 3.20. The second kappa shape index (κ2) is 6.04. The molecule has 0 aliphatic rings. The molecule has 0 aliphatic carbocycles. The van der Waals surface area contributed by atoms with Crippen molar-refractivity contribution >= 4 is 23.0 Å². The summed E-state index contributed by atoms with van der Waals surface area (Å²) in [5, 5.41) is 16.3. The van der Waals surface area contributed by atoms with Crippen LogP contribution < -0.4 is 10.6 Å². The number of non-ortho nitro benzene ring substituents is 1. The standard InChI is InChI=1S/C15H15N3O3/c1-10-3-8-13(14(9-10)16-2)15(19)17-11-4-6-12(7-5-11)18(20)21/h3-9,16H,1-2H3,(H,17,19). The Morgan fingerprint density at radius 2 is 1.81 bits per heavy atom. The summed E-state index contributed by atoms with van der Waals surface area (Å²) >= 11 is 0. The Hall–Kier alpha value is -2.89. The number of rotatable bonds is 4. The summed E-state index contributed by atoms with van der Waals surface area (Å²) in [6, 6.07) is 11.2. The van der Waals surface area contributed by atoms with E-state index in [0.29, 0.717) is 11.3 Å². The number of carbonyl (C=O) groups excluding carboxylic acids is 1. The quantitative estimate of drug-likeness (QED) is 0.667. The van der Waals surface area contributed by atoms with Gasteiger partial charge in [-0.2, -0.15) is 0 Å². The van der Waals surface area contributed by atoms with Crippen molar-refractivity contribution in [1.82, 2.24) is 0 Å². The van der Waals surface area contributed by atoms with Gasteiger partial charge in [-0.1, -0.05) is 6.07 Å². The van der Waals surface area contributed by atoms with E-state index in [1.165, 1.54) is 24.3 Å². The lowest BCUT2D eigenvalue weighted by molar-refractivity contribution is -0.384. The van der Waals surface area contributed by atoms with Crippen molar-refractivity contribution in [3.63, 3.8) is 0 Å². The highest BCUT2D eigenvalue weighted by atomic mass is 16.6. The predicted molar refractivity (Wildman–Crippen MR) is 81.8 cm³/mol. The Morgan fingerprint density at radius 1 is 1.14 bits per heavy atom. The molecule has 0 atom stereocenters. The van der Waals surface area contributed by atoms with Crippen LogP contribution in [-0.2, 0) is 0 Å². The first-order chi connectivity index (χ1) is 10.0. The minimum absolute atomic E-state index is 0.0146. The molecule has 0 aromatic heterocycles. The highest BCUT2D eigenvalue weighted by Crippen LogP contribution is 2.20. The molecule has 0 saturated heterocycles. The minimum Gasteiger partial charge on any atom is -0.387 e. The summed E-state index contributed by atoms with van der Waals surface area (Å²) in [5.74, 6) is -0.270. The highest BCUT2D eigenvalue weighted by Gasteiger charge is 2.12. The summed E-state index contributed by atoms with van der Waals surface area (Å²) in [7, 11) is 1.75. The molecule has 21 heavy (non-hydrogen) atoms. The van der Waals surface area contributed by atoms with E-state index in [1.54, 1.807) is 13.1 Å². The second-order valence-corrected chi connectivity index (χ2v) is 4.56. The maximum Gasteiger partial charge on any atom is 0.269 e. The average Bonchev–Trinajstić information content (AvgIpc) is 2.47. The summed E-state index contributed by atoms with van der Waals surface area (Å²) in [4.78, 5) is 22.3. The van der Waals surface area contributed by atoms with Crippen LogP contribution in [-0.4, -0.2) is 17.9 Å². The zero-order valence-electron chi connectivity index (χ0n) is 11.7. The molecule has 0 heterocycles. The summed E-state index contributed by atoms with van der Waals surface area (Å²) in [5.41, 5.74) is 2.79. The van der Waals surface area contributed by atoms with E-state index >= 15 is 0 Å². The molecule has 0 radical (unpaired) electrons. The molecule has 6 nitrogen and oxygen atoms in total. The van der Waals surface area contributed by atoms with Gasteiger partial charge in [0.1, 0.15) is 0 Å². The number of aryl methyl sites for hydroxylation is 1. The Bertz CT molecular complexity index is 681. The van der Waals surface area contributed by atoms with E-state index in [-0.39, 0.29) is 11.6 Å². The third-order valence-electron chi connectivity index (χ3n) is 3.03. The first-order valence-corrected chi connectivity index (χ1v) is 6.35. The number of benzene rings is 2. The highest BCUT2D eigenvalue weighted by molar-refractivity contribution is 6.08. The van der Waals surface area contributed by atoms with Gasteiger partial charge in [0, 0.05) is 30.6 Å². The third-order valence-corrected chi connectivity index (χ3v) is 3.03. The molecule has 2 aromatic rings. The average molecular weight is 285 g/mol. The normalized spacial score (nSPS) is 10.0. The van der Waals surface area contributed by atoms with Gasteiger partial charge in [0.05, 0.1) is 10.5 Å². The molecule has 2 aromatic carbocycles. The molecule has 2 rings (SSSR count). The van der Waals surface area contributed by atoms with Crippen LogP contribution in [0.25, 0.3) is 0 Å². The Labute approximate surface area is 121 Å². The van der Waals surface area contributed by atoms with Crippen LogP contribution in [0.1, 0.15) is 15.9 Å². The second-order valence-electron chi connectivity index (χ2n) is 4.56. The lowest BCUT2D eigenvalue weighted by atomic mass is 10.1. The molecule has 108 valence electrons. The van der Waals surface area contributed by atoms with Crippen molar-refractivity contribution in [1.29, 1.82) is 0 Å². The fraction of sp³-hybridized carbons (Fsp3) is 0.133. The summed E-state index contributed by atoms with van der Waals surface area (Å²) in [6.07, 6.45) is 0. The van der Waals surface area contributed by atoms with Crippen LogP contribution in [0.15, 0.2) is 42.5 Å². The van der Waals surface area contributed by atoms with Crippen molar-refractivity contribution in [2.75, 3.05) is 17.7 Å². The SMILES string of the molecule is CNc1cc(C)ccc1C(=O)Nc1ccc([N+](=O)[O-])cc1. The number of nitrogens with zero attached hydrogens (tertiary/aromatic N) is 1. The molecule has 0 spiro atoms. The van der Waals surface area contributed by atoms with Crippen LogP contribution in [0.2, 0.25) is 0 Å². The maximum atomic E-state index is 12.2. The van der Waals surface area contributed by atoms with Gasteiger partial charge in [0.25, 0.3) is 11.6 Å². The molecule has 0 unspecified atom stereocenters. The number of nitrogens with one attached hydrogen (secondary N) is 2. The fourth-order valence-electron chi connectivity index (χ4n) is 1.93. The molecule has 2 N–H and O–H groups in total. The molecule has 0 saturated carbocycles. The lowest BCUT2D eigenvalue weighted by Crippen LogP contribution is -2.14. The number of hydrogen-bond acceptors (Lipinski definition) is 4. The number of anilines is 2. The molecule has 0 bridgehead atoms. The first-order valence-electron chi connectivity index (χ1n) is 6.35. The molecule has 1 amide bonds. The number of nitro groups is 1. The molecular formula is C15H15N3O3. The maximum absolute atomic E-state index is 12.2. The number of amides is 1. The number of carbonyl (C=O) groups is 1. The van der Waals surface area contributed by atoms with Crippen LogP contribution in [0, 0.1) is 17.0 Å². The van der Waals surface area contributed by atoms with Gasteiger partial charge in [0.2, 0.25) is 0 Å². The zero-order chi connectivity index (χ0) is 15.4. The summed E-state index contributed by atoms with van der Waals surface area (Å²) in [6.45, 7) is 1.94. The fourth-order valence-corrected chi connectivity index (χ4v) is 1.93.